The maximum Gasteiger partial charge on any atom is 0.120 e. The predicted octanol–water partition coefficient (Wildman–Crippen LogP) is 2.78. The third-order valence-electron chi connectivity index (χ3n) is 3.66. The van der Waals surface area contributed by atoms with Crippen molar-refractivity contribution in [2.75, 3.05) is 18.6 Å². The molecule has 0 unspecified atom stereocenters. The fourth-order valence-electron chi connectivity index (χ4n) is 2.59. The fourth-order valence-corrected chi connectivity index (χ4v) is 3.48. The lowest BCUT2D eigenvalue weighted by Crippen LogP contribution is -2.30. The highest BCUT2D eigenvalue weighted by molar-refractivity contribution is 7.10. The van der Waals surface area contributed by atoms with Crippen LogP contribution in [-0.2, 0) is 19.5 Å². The van der Waals surface area contributed by atoms with E-state index >= 15 is 0 Å². The largest absolute Gasteiger partial charge is 0.497 e. The molecular formula is C15H18N2OS. The Bertz CT molecular complexity index is 579. The molecule has 1 aliphatic heterocycles. The molecule has 0 bridgehead atoms. The number of methoxy groups -OCH3 is 1. The molecule has 2 heterocycles. The van der Waals surface area contributed by atoms with Crippen LogP contribution in [-0.4, -0.2) is 13.7 Å². The molecule has 2 aromatic rings. The number of anilines is 1. The first-order valence-corrected chi connectivity index (χ1v) is 7.37. The van der Waals surface area contributed by atoms with Gasteiger partial charge >= 0.3 is 0 Å². The Morgan fingerprint density at radius 1 is 1.37 bits per heavy atom. The van der Waals surface area contributed by atoms with Crippen molar-refractivity contribution in [3.8, 4) is 5.75 Å². The highest BCUT2D eigenvalue weighted by atomic mass is 32.1. The summed E-state index contributed by atoms with van der Waals surface area (Å²) >= 11 is 1.86. The first kappa shape index (κ1) is 12.5. The molecule has 0 radical (unpaired) electrons. The van der Waals surface area contributed by atoms with Crippen molar-refractivity contribution in [1.82, 2.24) is 0 Å². The van der Waals surface area contributed by atoms with Crippen LogP contribution >= 0.6 is 11.3 Å². The zero-order valence-corrected chi connectivity index (χ0v) is 11.9. The van der Waals surface area contributed by atoms with Gasteiger partial charge in [0.25, 0.3) is 0 Å². The molecule has 0 amide bonds. The molecule has 0 fully saturated rings. The number of nitrogens with zero attached hydrogens (tertiary/aromatic N) is 1. The van der Waals surface area contributed by atoms with Crippen LogP contribution in [0.2, 0.25) is 0 Å². The minimum absolute atomic E-state index is 0.562. The number of hydrogen-bond acceptors (Lipinski definition) is 4. The van der Waals surface area contributed by atoms with Crippen molar-refractivity contribution in [1.29, 1.82) is 0 Å². The predicted molar refractivity (Wildman–Crippen MR) is 80.0 cm³/mol. The van der Waals surface area contributed by atoms with E-state index in [0.717, 1.165) is 25.3 Å². The quantitative estimate of drug-likeness (QED) is 0.935. The van der Waals surface area contributed by atoms with E-state index < -0.39 is 0 Å². The Kier molecular flexibility index (Phi) is 3.44. The van der Waals surface area contributed by atoms with Gasteiger partial charge in [0.1, 0.15) is 5.75 Å². The summed E-state index contributed by atoms with van der Waals surface area (Å²) in [7, 11) is 1.70. The molecule has 4 heteroatoms. The van der Waals surface area contributed by atoms with Gasteiger partial charge in [0.15, 0.2) is 0 Å². The van der Waals surface area contributed by atoms with Gasteiger partial charge in [0, 0.05) is 36.3 Å². The van der Waals surface area contributed by atoms with Crippen LogP contribution in [0.3, 0.4) is 0 Å². The van der Waals surface area contributed by atoms with Gasteiger partial charge in [-0.05, 0) is 35.1 Å². The van der Waals surface area contributed by atoms with E-state index in [0.29, 0.717) is 6.54 Å². The molecule has 0 saturated carbocycles. The Labute approximate surface area is 117 Å². The Hall–Kier alpha value is -1.52. The zero-order chi connectivity index (χ0) is 13.2. The highest BCUT2D eigenvalue weighted by Gasteiger charge is 2.19. The molecule has 3 nitrogen and oxygen atoms in total. The van der Waals surface area contributed by atoms with Crippen LogP contribution in [0.4, 0.5) is 5.69 Å². The summed E-state index contributed by atoms with van der Waals surface area (Å²) in [6.45, 7) is 2.58. The van der Waals surface area contributed by atoms with Crippen LogP contribution < -0.4 is 15.4 Å². The van der Waals surface area contributed by atoms with Gasteiger partial charge in [-0.2, -0.15) is 0 Å². The van der Waals surface area contributed by atoms with Crippen molar-refractivity contribution in [2.24, 2.45) is 5.73 Å². The fraction of sp³-hybridized carbons (Fsp3) is 0.333. The van der Waals surface area contributed by atoms with Crippen LogP contribution in [0.25, 0.3) is 0 Å². The van der Waals surface area contributed by atoms with Gasteiger partial charge in [0.2, 0.25) is 0 Å². The summed E-state index contributed by atoms with van der Waals surface area (Å²) in [4.78, 5) is 3.92. The number of ether oxygens (including phenoxy) is 1. The average molecular weight is 274 g/mol. The van der Waals surface area contributed by atoms with E-state index in [1.165, 1.54) is 21.7 Å². The second kappa shape index (κ2) is 5.23. The molecule has 0 spiro atoms. The molecule has 2 N–H and O–H groups in total. The van der Waals surface area contributed by atoms with Crippen molar-refractivity contribution in [3.05, 3.63) is 45.6 Å². The number of benzene rings is 1. The Balaban J connectivity index is 1.94. The molecule has 1 aromatic heterocycles. The van der Waals surface area contributed by atoms with E-state index in [9.17, 15) is 0 Å². The first-order valence-electron chi connectivity index (χ1n) is 6.49. The normalized spacial score (nSPS) is 14.3. The van der Waals surface area contributed by atoms with Gasteiger partial charge in [0.05, 0.1) is 7.11 Å². The number of hydrogen-bond donors (Lipinski definition) is 1. The Morgan fingerprint density at radius 2 is 2.26 bits per heavy atom. The second-order valence-corrected chi connectivity index (χ2v) is 5.74. The number of nitrogens with two attached hydrogens (primary N) is 1. The number of fused-ring (bicyclic) bond motifs is 1. The smallest absolute Gasteiger partial charge is 0.120 e. The summed E-state index contributed by atoms with van der Waals surface area (Å²) in [5.74, 6) is 0.892. The maximum absolute atomic E-state index is 5.86. The standard InChI is InChI=1S/C15H18N2OS/c1-18-13-3-2-11(9-16)14(8-13)17-6-4-15-12(10-17)5-7-19-15/h2-3,5,7-8H,4,6,9-10,16H2,1H3. The zero-order valence-electron chi connectivity index (χ0n) is 11.1. The molecule has 3 rings (SSSR count). The van der Waals surface area contributed by atoms with Gasteiger partial charge in [-0.3, -0.25) is 0 Å². The minimum Gasteiger partial charge on any atom is -0.497 e. The topological polar surface area (TPSA) is 38.5 Å². The molecule has 1 aromatic carbocycles. The Morgan fingerprint density at radius 3 is 3.05 bits per heavy atom. The van der Waals surface area contributed by atoms with Crippen LogP contribution in [0.5, 0.6) is 5.75 Å². The van der Waals surface area contributed by atoms with E-state index in [2.05, 4.69) is 28.5 Å². The van der Waals surface area contributed by atoms with Crippen LogP contribution in [0.15, 0.2) is 29.6 Å². The first-order chi connectivity index (χ1) is 9.31. The van der Waals surface area contributed by atoms with E-state index in [-0.39, 0.29) is 0 Å². The summed E-state index contributed by atoms with van der Waals surface area (Å²) in [6, 6.07) is 8.37. The highest BCUT2D eigenvalue weighted by Crippen LogP contribution is 2.32. The van der Waals surface area contributed by atoms with Gasteiger partial charge < -0.3 is 15.4 Å². The molecule has 0 saturated heterocycles. The van der Waals surface area contributed by atoms with Gasteiger partial charge in [-0.25, -0.2) is 0 Å². The molecule has 100 valence electrons. The summed E-state index contributed by atoms with van der Waals surface area (Å²) in [6.07, 6.45) is 1.12. The summed E-state index contributed by atoms with van der Waals surface area (Å²) in [5, 5.41) is 2.18. The van der Waals surface area contributed by atoms with Crippen molar-refractivity contribution in [2.45, 2.75) is 19.5 Å². The van der Waals surface area contributed by atoms with Crippen LogP contribution in [0.1, 0.15) is 16.0 Å². The van der Waals surface area contributed by atoms with E-state index in [1.807, 2.05) is 17.4 Å². The van der Waals surface area contributed by atoms with E-state index in [1.54, 1.807) is 7.11 Å². The lowest BCUT2D eigenvalue weighted by molar-refractivity contribution is 0.414. The second-order valence-electron chi connectivity index (χ2n) is 4.74. The SMILES string of the molecule is COc1ccc(CN)c(N2CCc3sccc3C2)c1. The molecule has 19 heavy (non-hydrogen) atoms. The van der Waals surface area contributed by atoms with Crippen molar-refractivity contribution >= 4 is 17.0 Å². The number of rotatable bonds is 3. The molecule has 0 atom stereocenters. The van der Waals surface area contributed by atoms with Crippen LogP contribution in [0, 0.1) is 0 Å². The lowest BCUT2D eigenvalue weighted by atomic mass is 10.1. The molecule has 1 aliphatic rings. The van der Waals surface area contributed by atoms with Gasteiger partial charge in [-0.1, -0.05) is 6.07 Å². The van der Waals surface area contributed by atoms with Crippen molar-refractivity contribution < 1.29 is 4.74 Å². The average Bonchev–Trinajstić information content (AvgIpc) is 2.93. The van der Waals surface area contributed by atoms with Gasteiger partial charge in [-0.15, -0.1) is 11.3 Å². The monoisotopic (exact) mass is 274 g/mol. The number of thiophene rings is 1. The van der Waals surface area contributed by atoms with E-state index in [4.69, 9.17) is 10.5 Å². The maximum atomic E-state index is 5.86. The third kappa shape index (κ3) is 2.33. The van der Waals surface area contributed by atoms with Crippen molar-refractivity contribution in [3.63, 3.8) is 0 Å². The third-order valence-corrected chi connectivity index (χ3v) is 4.68. The summed E-state index contributed by atoms with van der Waals surface area (Å²) < 4.78 is 5.33. The molecule has 0 aliphatic carbocycles. The lowest BCUT2D eigenvalue weighted by Gasteiger charge is -2.31. The molecular weight excluding hydrogens is 256 g/mol. The summed E-state index contributed by atoms with van der Waals surface area (Å²) in [5.41, 5.74) is 9.69. The minimum atomic E-state index is 0.562.